The van der Waals surface area contributed by atoms with Crippen molar-refractivity contribution in [3.8, 4) is 0 Å². The minimum atomic E-state index is -3.36. The number of anilines is 1. The molecule has 1 aliphatic heterocycles. The first-order chi connectivity index (χ1) is 12.2. The van der Waals surface area contributed by atoms with Crippen LogP contribution < -0.4 is 14.9 Å². The van der Waals surface area contributed by atoms with Gasteiger partial charge in [-0.05, 0) is 37.1 Å². The van der Waals surface area contributed by atoms with Gasteiger partial charge >= 0.3 is 5.97 Å². The zero-order valence-electron chi connectivity index (χ0n) is 14.6. The summed E-state index contributed by atoms with van der Waals surface area (Å²) in [5.41, 5.74) is 1.50. The van der Waals surface area contributed by atoms with E-state index in [1.807, 2.05) is 0 Å². The highest BCUT2D eigenvalue weighted by Crippen LogP contribution is 2.30. The molecule has 2 amide bonds. The third-order valence-electron chi connectivity index (χ3n) is 3.72. The maximum absolute atomic E-state index is 12.1. The van der Waals surface area contributed by atoms with Crippen LogP contribution in [0.15, 0.2) is 18.2 Å². The van der Waals surface area contributed by atoms with Crippen molar-refractivity contribution in [2.45, 2.75) is 13.3 Å². The molecular formula is C16H21N3O6S. The fraction of sp³-hybridized carbons (Fsp3) is 0.438. The minimum Gasteiger partial charge on any atom is -0.452 e. The van der Waals surface area contributed by atoms with Crippen molar-refractivity contribution in [2.75, 3.05) is 36.8 Å². The van der Waals surface area contributed by atoms with Crippen molar-refractivity contribution in [3.05, 3.63) is 29.3 Å². The van der Waals surface area contributed by atoms with Gasteiger partial charge in [0.05, 0.1) is 24.1 Å². The van der Waals surface area contributed by atoms with Gasteiger partial charge < -0.3 is 15.4 Å². The number of likely N-dealkylation sites (N-methyl/N-ethyl adjacent to an activating group) is 1. The fourth-order valence-electron chi connectivity index (χ4n) is 2.55. The van der Waals surface area contributed by atoms with Crippen molar-refractivity contribution < 1.29 is 27.5 Å². The number of fused-ring (bicyclic) bond motifs is 1. The molecular weight excluding hydrogens is 362 g/mol. The van der Waals surface area contributed by atoms with Gasteiger partial charge in [-0.1, -0.05) is 0 Å². The van der Waals surface area contributed by atoms with Gasteiger partial charge in [0.15, 0.2) is 6.61 Å². The highest BCUT2D eigenvalue weighted by atomic mass is 32.2. The van der Waals surface area contributed by atoms with E-state index in [0.29, 0.717) is 25.2 Å². The Balaban J connectivity index is 1.91. The molecule has 142 valence electrons. The zero-order chi connectivity index (χ0) is 19.3. The van der Waals surface area contributed by atoms with Gasteiger partial charge in [0.1, 0.15) is 0 Å². The lowest BCUT2D eigenvalue weighted by Crippen LogP contribution is -2.38. The highest BCUT2D eigenvalue weighted by Gasteiger charge is 2.27. The molecule has 0 fully saturated rings. The molecule has 0 bridgehead atoms. The Hall–Kier alpha value is -2.62. The van der Waals surface area contributed by atoms with E-state index >= 15 is 0 Å². The molecule has 0 spiro atoms. The summed E-state index contributed by atoms with van der Waals surface area (Å²) in [6, 6.07) is 4.57. The second kappa shape index (κ2) is 8.17. The van der Waals surface area contributed by atoms with Crippen LogP contribution in [-0.2, 0) is 30.8 Å². The third-order valence-corrected chi connectivity index (χ3v) is 4.90. The lowest BCUT2D eigenvalue weighted by atomic mass is 10.1. The van der Waals surface area contributed by atoms with Crippen LogP contribution in [0.1, 0.15) is 22.8 Å². The number of sulfonamides is 1. The molecule has 0 atom stereocenters. The minimum absolute atomic E-state index is 0.190. The number of amides is 2. The molecule has 9 nitrogen and oxygen atoms in total. The van der Waals surface area contributed by atoms with Crippen LogP contribution in [0, 0.1) is 0 Å². The summed E-state index contributed by atoms with van der Waals surface area (Å²) in [6.45, 7) is 1.84. The normalized spacial score (nSPS) is 13.1. The van der Waals surface area contributed by atoms with E-state index < -0.39 is 28.5 Å². The molecule has 2 rings (SSSR count). The van der Waals surface area contributed by atoms with Gasteiger partial charge in [-0.25, -0.2) is 13.2 Å². The van der Waals surface area contributed by atoms with Gasteiger partial charge in [-0.3, -0.25) is 13.9 Å². The number of rotatable bonds is 7. The first-order valence-electron chi connectivity index (χ1n) is 8.03. The highest BCUT2D eigenvalue weighted by molar-refractivity contribution is 7.92. The van der Waals surface area contributed by atoms with E-state index in [0.717, 1.165) is 11.8 Å². The van der Waals surface area contributed by atoms with Crippen LogP contribution >= 0.6 is 0 Å². The molecule has 0 saturated carbocycles. The molecule has 1 aromatic carbocycles. The van der Waals surface area contributed by atoms with Crippen LogP contribution in [0.4, 0.5) is 5.69 Å². The maximum Gasteiger partial charge on any atom is 0.338 e. The Kier molecular flexibility index (Phi) is 6.19. The Morgan fingerprint density at radius 1 is 1.19 bits per heavy atom. The van der Waals surface area contributed by atoms with Crippen LogP contribution in [0.3, 0.4) is 0 Å². The van der Waals surface area contributed by atoms with Crippen molar-refractivity contribution >= 4 is 33.5 Å². The molecule has 0 aliphatic carbocycles. The van der Waals surface area contributed by atoms with E-state index in [4.69, 9.17) is 4.74 Å². The van der Waals surface area contributed by atoms with Crippen molar-refractivity contribution in [1.82, 2.24) is 10.6 Å². The van der Waals surface area contributed by atoms with Crippen LogP contribution in [0.25, 0.3) is 0 Å². The standard InChI is InChI=1S/C16H21N3O6S/c1-3-17-14(20)9-18-15(21)10-25-16(22)12-4-5-13-11(8-12)6-7-19(13)26(2,23)24/h4-5,8H,3,6-7,9-10H2,1-2H3,(H,17,20)(H,18,21). The molecule has 10 heteroatoms. The Bertz CT molecular complexity index is 821. The molecule has 2 N–H and O–H groups in total. The molecule has 0 radical (unpaired) electrons. The van der Waals surface area contributed by atoms with Gasteiger partial charge in [-0.15, -0.1) is 0 Å². The monoisotopic (exact) mass is 383 g/mol. The van der Waals surface area contributed by atoms with Crippen LogP contribution in [0.2, 0.25) is 0 Å². The second-order valence-electron chi connectivity index (χ2n) is 5.73. The summed E-state index contributed by atoms with van der Waals surface area (Å²) in [6.07, 6.45) is 1.63. The van der Waals surface area contributed by atoms with Gasteiger partial charge in [0.25, 0.3) is 5.91 Å². The number of esters is 1. The summed E-state index contributed by atoms with van der Waals surface area (Å²) < 4.78 is 29.6. The third kappa shape index (κ3) is 4.94. The molecule has 1 aromatic rings. The lowest BCUT2D eigenvalue weighted by Gasteiger charge is -2.16. The second-order valence-corrected chi connectivity index (χ2v) is 7.64. The first-order valence-corrected chi connectivity index (χ1v) is 9.88. The number of ether oxygens (including phenoxy) is 1. The summed E-state index contributed by atoms with van der Waals surface area (Å²) in [5, 5.41) is 4.86. The van der Waals surface area contributed by atoms with E-state index in [2.05, 4.69) is 10.6 Å². The van der Waals surface area contributed by atoms with Crippen molar-refractivity contribution in [1.29, 1.82) is 0 Å². The van der Waals surface area contributed by atoms with Gasteiger partial charge in [0, 0.05) is 13.1 Å². The quantitative estimate of drug-likeness (QED) is 0.608. The van der Waals surface area contributed by atoms with Crippen LogP contribution in [0.5, 0.6) is 0 Å². The Morgan fingerprint density at radius 3 is 2.58 bits per heavy atom. The maximum atomic E-state index is 12.1. The predicted octanol–water partition coefficient (Wildman–Crippen LogP) is -0.582. The molecule has 1 heterocycles. The lowest BCUT2D eigenvalue weighted by molar-refractivity contribution is -0.127. The van der Waals surface area contributed by atoms with E-state index in [1.165, 1.54) is 10.4 Å². The number of nitrogens with one attached hydrogen (secondary N) is 2. The van der Waals surface area contributed by atoms with Crippen molar-refractivity contribution in [3.63, 3.8) is 0 Å². The summed E-state index contributed by atoms with van der Waals surface area (Å²) >= 11 is 0. The van der Waals surface area contributed by atoms with Gasteiger partial charge in [-0.2, -0.15) is 0 Å². The fourth-order valence-corrected chi connectivity index (χ4v) is 3.51. The molecule has 0 unspecified atom stereocenters. The zero-order valence-corrected chi connectivity index (χ0v) is 15.4. The smallest absolute Gasteiger partial charge is 0.338 e. The SMILES string of the molecule is CCNC(=O)CNC(=O)COC(=O)c1ccc2c(c1)CCN2S(C)(=O)=O. The topological polar surface area (TPSA) is 122 Å². The summed E-state index contributed by atoms with van der Waals surface area (Å²) in [7, 11) is -3.36. The van der Waals surface area contributed by atoms with Gasteiger partial charge in [0.2, 0.25) is 15.9 Å². The number of hydrogen-bond acceptors (Lipinski definition) is 6. The van der Waals surface area contributed by atoms with Crippen LogP contribution in [-0.4, -0.2) is 58.7 Å². The molecule has 26 heavy (non-hydrogen) atoms. The number of carbonyl (C=O) groups excluding carboxylic acids is 3. The molecule has 0 aromatic heterocycles. The number of hydrogen-bond donors (Lipinski definition) is 2. The van der Waals surface area contributed by atoms with E-state index in [-0.39, 0.29) is 18.0 Å². The Morgan fingerprint density at radius 2 is 1.92 bits per heavy atom. The summed E-state index contributed by atoms with van der Waals surface area (Å²) in [4.78, 5) is 34.9. The number of carbonyl (C=O) groups is 3. The van der Waals surface area contributed by atoms with E-state index in [1.54, 1.807) is 19.1 Å². The first kappa shape index (κ1) is 19.7. The number of nitrogens with zero attached hydrogens (tertiary/aromatic N) is 1. The largest absolute Gasteiger partial charge is 0.452 e. The summed E-state index contributed by atoms with van der Waals surface area (Å²) in [5.74, 6) is -1.62. The average Bonchev–Trinajstić information content (AvgIpc) is 3.01. The predicted molar refractivity (Wildman–Crippen MR) is 94.3 cm³/mol. The number of benzene rings is 1. The average molecular weight is 383 g/mol. The Labute approximate surface area is 151 Å². The molecule has 1 aliphatic rings. The van der Waals surface area contributed by atoms with E-state index in [9.17, 15) is 22.8 Å². The van der Waals surface area contributed by atoms with Crippen molar-refractivity contribution in [2.24, 2.45) is 0 Å². The molecule has 0 saturated heterocycles.